The summed E-state index contributed by atoms with van der Waals surface area (Å²) in [6.45, 7) is 0. The van der Waals surface area contributed by atoms with Crippen LogP contribution in [-0.2, 0) is 11.8 Å². The van der Waals surface area contributed by atoms with Gasteiger partial charge in [-0.3, -0.25) is 0 Å². The van der Waals surface area contributed by atoms with E-state index < -0.39 is 58.8 Å². The van der Waals surface area contributed by atoms with Gasteiger partial charge in [0.25, 0.3) is 11.8 Å². The first-order chi connectivity index (χ1) is 14.4. The van der Waals surface area contributed by atoms with Crippen LogP contribution in [0.4, 0.5) is 32.0 Å². The van der Waals surface area contributed by atoms with Crippen LogP contribution < -0.4 is 5.73 Å². The van der Waals surface area contributed by atoms with Crippen LogP contribution >= 0.6 is 0 Å². The third-order valence-electron chi connectivity index (χ3n) is 4.90. The van der Waals surface area contributed by atoms with Crippen molar-refractivity contribution in [2.75, 3.05) is 5.73 Å². The van der Waals surface area contributed by atoms with Crippen LogP contribution in [0, 0.1) is 0 Å². The van der Waals surface area contributed by atoms with Crippen molar-refractivity contribution >= 4 is 11.4 Å². The number of pyridine rings is 1. The monoisotopic (exact) mass is 453 g/mol. The first kappa shape index (κ1) is 22.8. The predicted molar refractivity (Wildman–Crippen MR) is 92.9 cm³/mol. The molecule has 0 aromatic carbocycles. The molecule has 3 rings (SSSR count). The highest BCUT2D eigenvalue weighted by Gasteiger charge is 2.58. The summed E-state index contributed by atoms with van der Waals surface area (Å²) in [5.41, 5.74) is -1.38. The van der Waals surface area contributed by atoms with Crippen LogP contribution in [0.3, 0.4) is 0 Å². The summed E-state index contributed by atoms with van der Waals surface area (Å²) in [6, 6.07) is 0.495. The average Bonchev–Trinajstić information content (AvgIpc) is 3.15. The van der Waals surface area contributed by atoms with E-state index in [9.17, 15) is 36.7 Å². The fraction of sp³-hybridized carbons (Fsp3) is 0.529. The third-order valence-corrected chi connectivity index (χ3v) is 4.90. The number of hydrogen-bond donors (Lipinski definition) is 3. The van der Waals surface area contributed by atoms with Gasteiger partial charge in [-0.1, -0.05) is 18.0 Å². The molecule has 1 atom stereocenters. The molecule has 0 saturated heterocycles. The summed E-state index contributed by atoms with van der Waals surface area (Å²) < 4.78 is 86.2. The van der Waals surface area contributed by atoms with E-state index in [4.69, 9.17) is 10.2 Å². The smallest absolute Gasteiger partial charge is 0.416 e. The first-order valence-electron chi connectivity index (χ1n) is 9.11. The molecular weight excluding hydrogens is 436 g/mol. The van der Waals surface area contributed by atoms with Crippen molar-refractivity contribution in [2.24, 2.45) is 5.16 Å². The summed E-state index contributed by atoms with van der Waals surface area (Å²) in [5, 5.41) is 29.1. The number of aliphatic hydroxyl groups is 1. The first-order valence-corrected chi connectivity index (χ1v) is 9.11. The molecule has 3 heterocycles. The van der Waals surface area contributed by atoms with E-state index in [1.54, 1.807) is 0 Å². The molecule has 0 spiro atoms. The molecule has 4 bridgehead atoms. The zero-order valence-electron chi connectivity index (χ0n) is 15.8. The van der Waals surface area contributed by atoms with E-state index in [-0.39, 0.29) is 31.4 Å². The topological polar surface area (TPSA) is 131 Å². The Bertz CT molecular complexity index is 988. The molecule has 14 heteroatoms. The van der Waals surface area contributed by atoms with E-state index in [2.05, 4.69) is 20.3 Å². The van der Waals surface area contributed by atoms with Crippen molar-refractivity contribution in [3.8, 4) is 11.6 Å². The number of hydrogen-bond acceptors (Lipinski definition) is 8. The molecule has 4 N–H and O–H groups in total. The van der Waals surface area contributed by atoms with Crippen LogP contribution in [-0.4, -0.2) is 37.4 Å². The van der Waals surface area contributed by atoms with Crippen molar-refractivity contribution in [3.05, 3.63) is 23.2 Å². The number of fused-ring (bicyclic) bond motifs is 5. The fourth-order valence-corrected chi connectivity index (χ4v) is 3.23. The second kappa shape index (κ2) is 7.98. The summed E-state index contributed by atoms with van der Waals surface area (Å²) >= 11 is 0. The van der Waals surface area contributed by atoms with Crippen molar-refractivity contribution in [1.29, 1.82) is 0 Å². The zero-order valence-corrected chi connectivity index (χ0v) is 15.8. The lowest BCUT2D eigenvalue weighted by Gasteiger charge is -2.27. The van der Waals surface area contributed by atoms with Gasteiger partial charge in [0.05, 0.1) is 11.3 Å². The van der Waals surface area contributed by atoms with Gasteiger partial charge in [0.2, 0.25) is 5.60 Å². The molecule has 0 fully saturated rings. The molecule has 0 aliphatic carbocycles. The number of anilines is 1. The Balaban J connectivity index is 2.24. The van der Waals surface area contributed by atoms with Crippen LogP contribution in [0.5, 0.6) is 0 Å². The van der Waals surface area contributed by atoms with Crippen molar-refractivity contribution < 1.29 is 41.1 Å². The molecule has 0 radical (unpaired) electrons. The maximum absolute atomic E-state index is 13.6. The van der Waals surface area contributed by atoms with Gasteiger partial charge in [-0.15, -0.1) is 10.2 Å². The molecule has 2 aromatic heterocycles. The molecule has 8 nitrogen and oxygen atoms in total. The number of nitrogens with zero attached hydrogens (tertiary/aromatic N) is 4. The van der Waals surface area contributed by atoms with Gasteiger partial charge >= 0.3 is 12.4 Å². The SMILES string of the molecule is Nc1cc(C(F)(F)F)c2nc1-c1nnc(o1)C(O)(C(F)(F)F)CCCCCC/C2=N\O. The van der Waals surface area contributed by atoms with E-state index in [0.29, 0.717) is 12.5 Å². The molecule has 1 unspecified atom stereocenters. The van der Waals surface area contributed by atoms with E-state index in [0.717, 1.165) is 0 Å². The second-order valence-electron chi connectivity index (χ2n) is 7.05. The van der Waals surface area contributed by atoms with Gasteiger partial charge in [0.15, 0.2) is 5.69 Å². The summed E-state index contributed by atoms with van der Waals surface area (Å²) in [4.78, 5) is 3.74. The standard InChI is InChI=1S/C17H17F6N5O3/c18-16(19,20)8-7-9(24)12-13-26-27-14(31-13)15(29,17(21,22)23)6-4-2-1-3-5-10(28-30)11(8)25-12/h7,29-30H,1-6,24H2/b28-10+. The number of nitrogen functional groups attached to an aromatic ring is 1. The predicted octanol–water partition coefficient (Wildman–Crippen LogP) is 4.02. The molecular formula is C17H17F6N5O3. The third kappa shape index (κ3) is 4.29. The molecule has 2 aromatic rings. The number of nitrogens with two attached hydrogens (primary N) is 1. The fourth-order valence-electron chi connectivity index (χ4n) is 3.23. The summed E-state index contributed by atoms with van der Waals surface area (Å²) in [5.74, 6) is -1.90. The average molecular weight is 453 g/mol. The second-order valence-corrected chi connectivity index (χ2v) is 7.05. The number of aromatic nitrogens is 3. The minimum atomic E-state index is -5.14. The normalized spacial score (nSPS) is 22.4. The van der Waals surface area contributed by atoms with Gasteiger partial charge < -0.3 is 20.5 Å². The molecule has 1 aliphatic heterocycles. The molecule has 0 saturated carbocycles. The lowest BCUT2D eigenvalue weighted by Crippen LogP contribution is -2.42. The lowest BCUT2D eigenvalue weighted by atomic mass is 9.94. The highest BCUT2D eigenvalue weighted by molar-refractivity contribution is 6.00. The highest BCUT2D eigenvalue weighted by atomic mass is 19.4. The van der Waals surface area contributed by atoms with Gasteiger partial charge in [0.1, 0.15) is 11.4 Å². The van der Waals surface area contributed by atoms with Crippen LogP contribution in [0.2, 0.25) is 0 Å². The summed E-state index contributed by atoms with van der Waals surface area (Å²) in [7, 11) is 0. The van der Waals surface area contributed by atoms with Gasteiger partial charge in [-0.25, -0.2) is 4.98 Å². The molecule has 170 valence electrons. The zero-order chi connectivity index (χ0) is 23.0. The number of oxime groups is 1. The van der Waals surface area contributed by atoms with E-state index >= 15 is 0 Å². The summed E-state index contributed by atoms with van der Waals surface area (Å²) in [6.07, 6.45) is -10.3. The maximum Gasteiger partial charge on any atom is 0.426 e. The number of alkyl halides is 6. The molecule has 1 aliphatic rings. The Labute approximate surface area is 170 Å². The van der Waals surface area contributed by atoms with E-state index in [1.165, 1.54) is 0 Å². The lowest BCUT2D eigenvalue weighted by molar-refractivity contribution is -0.277. The van der Waals surface area contributed by atoms with Gasteiger partial charge in [-0.05, 0) is 31.7 Å². The Hall–Kier alpha value is -2.90. The minimum Gasteiger partial charge on any atom is -0.416 e. The van der Waals surface area contributed by atoms with Crippen LogP contribution in [0.15, 0.2) is 15.6 Å². The number of rotatable bonds is 0. The van der Waals surface area contributed by atoms with Crippen LogP contribution in [0.25, 0.3) is 11.6 Å². The van der Waals surface area contributed by atoms with Crippen molar-refractivity contribution in [3.63, 3.8) is 0 Å². The molecule has 31 heavy (non-hydrogen) atoms. The Kier molecular flexibility index (Phi) is 5.86. The Morgan fingerprint density at radius 1 is 1.03 bits per heavy atom. The highest BCUT2D eigenvalue weighted by Crippen LogP contribution is 2.43. The minimum absolute atomic E-state index is 0.0845. The Morgan fingerprint density at radius 2 is 1.71 bits per heavy atom. The van der Waals surface area contributed by atoms with Crippen LogP contribution in [0.1, 0.15) is 55.7 Å². The quantitative estimate of drug-likeness (QED) is 0.312. The maximum atomic E-state index is 13.6. The van der Waals surface area contributed by atoms with Crippen molar-refractivity contribution in [1.82, 2.24) is 15.2 Å². The Morgan fingerprint density at radius 3 is 2.32 bits per heavy atom. The number of halogens is 6. The van der Waals surface area contributed by atoms with Gasteiger partial charge in [0, 0.05) is 0 Å². The van der Waals surface area contributed by atoms with E-state index in [1.807, 2.05) is 0 Å². The van der Waals surface area contributed by atoms with Crippen molar-refractivity contribution in [2.45, 2.75) is 56.5 Å². The largest absolute Gasteiger partial charge is 0.426 e. The van der Waals surface area contributed by atoms with Gasteiger partial charge in [-0.2, -0.15) is 26.3 Å². The molecule has 0 amide bonds.